The van der Waals surface area contributed by atoms with Crippen LogP contribution < -0.4 is 0 Å². The molecule has 4 heteroatoms. The molecule has 1 unspecified atom stereocenters. The van der Waals surface area contributed by atoms with Gasteiger partial charge in [0.05, 0.1) is 17.9 Å². The zero-order valence-electron chi connectivity index (χ0n) is 10.0. The number of rotatable bonds is 3. The minimum atomic E-state index is -0.714. The van der Waals surface area contributed by atoms with Crippen LogP contribution in [0.2, 0.25) is 0 Å². The van der Waals surface area contributed by atoms with Gasteiger partial charge in [0.25, 0.3) is 0 Å². The zero-order chi connectivity index (χ0) is 11.6. The van der Waals surface area contributed by atoms with E-state index in [2.05, 4.69) is 18.9 Å². The molecule has 1 fully saturated rings. The van der Waals surface area contributed by atoms with E-state index in [0.29, 0.717) is 19.1 Å². The van der Waals surface area contributed by atoms with Crippen LogP contribution in [-0.2, 0) is 11.2 Å². The summed E-state index contributed by atoms with van der Waals surface area (Å²) in [5, 5.41) is 14.7. The molecule has 1 N–H and O–H groups in total. The molecule has 16 heavy (non-hydrogen) atoms. The van der Waals surface area contributed by atoms with Crippen LogP contribution in [-0.4, -0.2) is 33.7 Å². The lowest BCUT2D eigenvalue weighted by molar-refractivity contribution is -0.0850. The van der Waals surface area contributed by atoms with Crippen LogP contribution >= 0.6 is 0 Å². The van der Waals surface area contributed by atoms with Gasteiger partial charge in [0.15, 0.2) is 0 Å². The summed E-state index contributed by atoms with van der Waals surface area (Å²) in [4.78, 5) is 0. The van der Waals surface area contributed by atoms with Crippen molar-refractivity contribution in [2.75, 3.05) is 13.2 Å². The Labute approximate surface area is 96.2 Å². The molecule has 90 valence electrons. The molecule has 0 saturated carbocycles. The predicted molar refractivity (Wildman–Crippen MR) is 61.3 cm³/mol. The van der Waals surface area contributed by atoms with E-state index in [1.807, 2.05) is 16.9 Å². The van der Waals surface area contributed by atoms with Crippen LogP contribution in [0.1, 0.15) is 38.4 Å². The van der Waals surface area contributed by atoms with Gasteiger partial charge in [-0.25, -0.2) is 0 Å². The number of hydrogen-bond donors (Lipinski definition) is 1. The maximum Gasteiger partial charge on any atom is 0.0936 e. The summed E-state index contributed by atoms with van der Waals surface area (Å²) in [5.41, 5.74) is 0.232. The molecule has 0 aliphatic carbocycles. The number of ether oxygens (including phenoxy) is 1. The summed E-state index contributed by atoms with van der Waals surface area (Å²) in [6.07, 6.45) is 4.29. The fourth-order valence-electron chi connectivity index (χ4n) is 2.07. The molecule has 0 aromatic carbocycles. The van der Waals surface area contributed by atoms with E-state index in [4.69, 9.17) is 4.74 Å². The van der Waals surface area contributed by atoms with E-state index in [0.717, 1.165) is 25.1 Å². The van der Waals surface area contributed by atoms with Crippen LogP contribution in [0, 0.1) is 0 Å². The minimum absolute atomic E-state index is 0.367. The zero-order valence-corrected chi connectivity index (χ0v) is 10.0. The number of hydrogen-bond acceptors (Lipinski definition) is 3. The number of nitrogens with zero attached hydrogens (tertiary/aromatic N) is 2. The van der Waals surface area contributed by atoms with Crippen molar-refractivity contribution in [2.45, 2.75) is 44.8 Å². The highest BCUT2D eigenvalue weighted by Gasteiger charge is 2.31. The van der Waals surface area contributed by atoms with Crippen LogP contribution in [0.25, 0.3) is 0 Å². The van der Waals surface area contributed by atoms with Crippen LogP contribution in [0.5, 0.6) is 0 Å². The molecular weight excluding hydrogens is 204 g/mol. The predicted octanol–water partition coefficient (Wildman–Crippen LogP) is 1.55. The summed E-state index contributed by atoms with van der Waals surface area (Å²) < 4.78 is 7.25. The van der Waals surface area contributed by atoms with Crippen molar-refractivity contribution in [1.82, 2.24) is 9.78 Å². The topological polar surface area (TPSA) is 47.3 Å². The molecular formula is C12H20N2O2. The molecule has 1 aliphatic rings. The lowest BCUT2D eigenvalue weighted by atomic mass is 9.92. The molecule has 1 aliphatic heterocycles. The molecule has 4 nitrogen and oxygen atoms in total. The van der Waals surface area contributed by atoms with Crippen LogP contribution in [0.4, 0.5) is 0 Å². The van der Waals surface area contributed by atoms with Gasteiger partial charge in [-0.2, -0.15) is 5.10 Å². The molecule has 2 rings (SSSR count). The molecule has 1 atom stereocenters. The maximum absolute atomic E-state index is 10.3. The Bertz CT molecular complexity index is 341. The van der Waals surface area contributed by atoms with Gasteiger partial charge in [0, 0.05) is 25.3 Å². The quantitative estimate of drug-likeness (QED) is 0.847. The second-order valence-electron chi connectivity index (χ2n) is 4.94. The Kier molecular flexibility index (Phi) is 3.30. The van der Waals surface area contributed by atoms with Crippen molar-refractivity contribution >= 4 is 0 Å². The van der Waals surface area contributed by atoms with Gasteiger partial charge >= 0.3 is 0 Å². The molecule has 0 bridgehead atoms. The van der Waals surface area contributed by atoms with Crippen molar-refractivity contribution in [3.05, 3.63) is 18.0 Å². The lowest BCUT2D eigenvalue weighted by Crippen LogP contribution is -2.40. The molecule has 1 aromatic rings. The Balaban J connectivity index is 2.02. The molecule has 0 radical (unpaired) electrons. The van der Waals surface area contributed by atoms with E-state index in [1.165, 1.54) is 0 Å². The first-order valence-electron chi connectivity index (χ1n) is 5.93. The maximum atomic E-state index is 10.3. The summed E-state index contributed by atoms with van der Waals surface area (Å²) >= 11 is 0. The molecule has 0 spiro atoms. The monoisotopic (exact) mass is 224 g/mol. The Hall–Kier alpha value is -0.870. The first kappa shape index (κ1) is 11.6. The Morgan fingerprint density at radius 3 is 3.00 bits per heavy atom. The minimum Gasteiger partial charge on any atom is -0.387 e. The summed E-state index contributed by atoms with van der Waals surface area (Å²) in [6, 6.07) is 2.35. The van der Waals surface area contributed by atoms with Crippen molar-refractivity contribution in [3.8, 4) is 0 Å². The van der Waals surface area contributed by atoms with Gasteiger partial charge in [-0.15, -0.1) is 0 Å². The van der Waals surface area contributed by atoms with Gasteiger partial charge in [0.1, 0.15) is 0 Å². The van der Waals surface area contributed by atoms with Gasteiger partial charge in [0.2, 0.25) is 0 Å². The van der Waals surface area contributed by atoms with Crippen molar-refractivity contribution in [3.63, 3.8) is 0 Å². The first-order valence-corrected chi connectivity index (χ1v) is 5.93. The van der Waals surface area contributed by atoms with E-state index >= 15 is 0 Å². The molecule has 0 amide bonds. The van der Waals surface area contributed by atoms with Gasteiger partial charge < -0.3 is 9.84 Å². The Morgan fingerprint density at radius 1 is 1.62 bits per heavy atom. The van der Waals surface area contributed by atoms with Crippen LogP contribution in [0.15, 0.2) is 12.3 Å². The molecule has 1 saturated heterocycles. The average molecular weight is 224 g/mol. The van der Waals surface area contributed by atoms with Crippen LogP contribution in [0.3, 0.4) is 0 Å². The van der Waals surface area contributed by atoms with Crippen molar-refractivity contribution in [1.29, 1.82) is 0 Å². The number of aromatic nitrogens is 2. The second kappa shape index (κ2) is 4.55. The van der Waals surface area contributed by atoms with E-state index in [9.17, 15) is 5.11 Å². The highest BCUT2D eigenvalue weighted by atomic mass is 16.5. The first-order chi connectivity index (χ1) is 7.59. The van der Waals surface area contributed by atoms with E-state index in [1.54, 1.807) is 0 Å². The summed E-state index contributed by atoms with van der Waals surface area (Å²) in [7, 11) is 0. The third-order valence-electron chi connectivity index (χ3n) is 3.00. The number of aliphatic hydroxyl groups is 1. The lowest BCUT2D eigenvalue weighted by Gasteiger charge is -2.31. The summed E-state index contributed by atoms with van der Waals surface area (Å²) in [6.45, 7) is 5.38. The normalized spacial score (nSPS) is 26.2. The smallest absolute Gasteiger partial charge is 0.0936 e. The van der Waals surface area contributed by atoms with Gasteiger partial charge in [-0.3, -0.25) is 4.68 Å². The van der Waals surface area contributed by atoms with E-state index < -0.39 is 5.60 Å². The summed E-state index contributed by atoms with van der Waals surface area (Å²) in [5.74, 6) is 0. The molecule has 1 aromatic heterocycles. The third-order valence-corrected chi connectivity index (χ3v) is 3.00. The highest BCUT2D eigenvalue weighted by molar-refractivity contribution is 5.05. The van der Waals surface area contributed by atoms with Crippen molar-refractivity contribution in [2.24, 2.45) is 0 Å². The molecule has 2 heterocycles. The fourth-order valence-corrected chi connectivity index (χ4v) is 2.07. The second-order valence-corrected chi connectivity index (χ2v) is 4.94. The van der Waals surface area contributed by atoms with Gasteiger partial charge in [-0.1, -0.05) is 0 Å². The standard InChI is InChI=1S/C12H20N2O2/c1-10(2)14-6-4-11(13-14)8-12(15)5-3-7-16-9-12/h4,6,10,15H,3,5,7-9H2,1-2H3. The average Bonchev–Trinajstić information content (AvgIpc) is 2.66. The Morgan fingerprint density at radius 2 is 2.44 bits per heavy atom. The van der Waals surface area contributed by atoms with Crippen molar-refractivity contribution < 1.29 is 9.84 Å². The largest absolute Gasteiger partial charge is 0.387 e. The van der Waals surface area contributed by atoms with E-state index in [-0.39, 0.29) is 0 Å². The highest BCUT2D eigenvalue weighted by Crippen LogP contribution is 2.23. The van der Waals surface area contributed by atoms with Gasteiger partial charge in [-0.05, 0) is 32.8 Å². The fraction of sp³-hybridized carbons (Fsp3) is 0.750. The SMILES string of the molecule is CC(C)n1ccc(CC2(O)CCCOC2)n1. The third kappa shape index (κ3) is 2.62.